The van der Waals surface area contributed by atoms with Crippen LogP contribution < -0.4 is 15.4 Å². The molecule has 0 aromatic heterocycles. The highest BCUT2D eigenvalue weighted by atomic mass is 127. The van der Waals surface area contributed by atoms with Crippen LogP contribution >= 0.6 is 24.0 Å². The summed E-state index contributed by atoms with van der Waals surface area (Å²) in [5, 5.41) is 6.40. The number of aliphatic imine (C=N–C) groups is 1. The molecule has 1 heterocycles. The van der Waals surface area contributed by atoms with Crippen molar-refractivity contribution in [2.75, 3.05) is 18.1 Å². The Hall–Kier alpha value is -1.81. The van der Waals surface area contributed by atoms with Gasteiger partial charge in [-0.1, -0.05) is 30.3 Å². The largest absolute Gasteiger partial charge is 0.457 e. The van der Waals surface area contributed by atoms with E-state index in [-0.39, 0.29) is 41.5 Å². The second kappa shape index (κ2) is 10.7. The third-order valence-corrected chi connectivity index (χ3v) is 5.98. The van der Waals surface area contributed by atoms with Gasteiger partial charge in [0.15, 0.2) is 15.8 Å². The first-order chi connectivity index (χ1) is 13.0. The molecule has 1 fully saturated rings. The maximum Gasteiger partial charge on any atom is 0.191 e. The topological polar surface area (TPSA) is 79.8 Å². The minimum atomic E-state index is -2.92. The van der Waals surface area contributed by atoms with E-state index in [0.717, 1.165) is 17.1 Å². The van der Waals surface area contributed by atoms with E-state index in [1.807, 2.05) is 61.5 Å². The quantitative estimate of drug-likeness (QED) is 0.351. The Labute approximate surface area is 183 Å². The number of benzene rings is 2. The molecule has 0 saturated carbocycles. The first-order valence-electron chi connectivity index (χ1n) is 9.11. The highest BCUT2D eigenvalue weighted by molar-refractivity contribution is 14.0. The number of nitrogens with one attached hydrogen (secondary N) is 2. The molecule has 0 spiro atoms. The summed E-state index contributed by atoms with van der Waals surface area (Å²) in [5.41, 5.74) is 1.01. The Morgan fingerprint density at radius 3 is 2.57 bits per heavy atom. The van der Waals surface area contributed by atoms with Crippen molar-refractivity contribution in [3.05, 3.63) is 60.2 Å². The van der Waals surface area contributed by atoms with E-state index in [9.17, 15) is 8.42 Å². The fourth-order valence-corrected chi connectivity index (χ4v) is 4.60. The predicted molar refractivity (Wildman–Crippen MR) is 123 cm³/mol. The third-order valence-electron chi connectivity index (χ3n) is 4.21. The highest BCUT2D eigenvalue weighted by Crippen LogP contribution is 2.22. The zero-order valence-electron chi connectivity index (χ0n) is 15.8. The van der Waals surface area contributed by atoms with Gasteiger partial charge >= 0.3 is 0 Å². The molecule has 28 heavy (non-hydrogen) atoms. The third kappa shape index (κ3) is 6.97. The van der Waals surface area contributed by atoms with Gasteiger partial charge in [-0.2, -0.15) is 0 Å². The van der Waals surface area contributed by atoms with Crippen LogP contribution in [-0.4, -0.2) is 38.5 Å². The molecular formula is C20H26IN3O3S. The molecule has 3 rings (SSSR count). The molecule has 0 radical (unpaired) electrons. The van der Waals surface area contributed by atoms with Crippen molar-refractivity contribution in [3.8, 4) is 11.5 Å². The van der Waals surface area contributed by atoms with Crippen LogP contribution in [0.4, 0.5) is 0 Å². The maximum absolute atomic E-state index is 11.6. The SMILES string of the molecule is CCNC(=NCc1cccc(Oc2ccccc2)c1)NC1CCS(=O)(=O)C1.I. The van der Waals surface area contributed by atoms with Gasteiger partial charge in [0.2, 0.25) is 0 Å². The normalized spacial score (nSPS) is 18.2. The van der Waals surface area contributed by atoms with Crippen LogP contribution in [0.2, 0.25) is 0 Å². The molecule has 152 valence electrons. The van der Waals surface area contributed by atoms with Crippen molar-refractivity contribution < 1.29 is 13.2 Å². The maximum atomic E-state index is 11.6. The van der Waals surface area contributed by atoms with Gasteiger partial charge in [-0.3, -0.25) is 0 Å². The molecule has 1 atom stereocenters. The minimum Gasteiger partial charge on any atom is -0.457 e. The van der Waals surface area contributed by atoms with Crippen molar-refractivity contribution in [1.29, 1.82) is 0 Å². The minimum absolute atomic E-state index is 0. The lowest BCUT2D eigenvalue weighted by Crippen LogP contribution is -2.44. The zero-order valence-corrected chi connectivity index (χ0v) is 18.9. The Balaban J connectivity index is 0.00000280. The summed E-state index contributed by atoms with van der Waals surface area (Å²) in [4.78, 5) is 4.59. The molecule has 1 unspecified atom stereocenters. The lowest BCUT2D eigenvalue weighted by atomic mass is 10.2. The lowest BCUT2D eigenvalue weighted by molar-refractivity contribution is 0.482. The summed E-state index contributed by atoms with van der Waals surface area (Å²) < 4.78 is 29.1. The van der Waals surface area contributed by atoms with E-state index >= 15 is 0 Å². The molecule has 1 saturated heterocycles. The van der Waals surface area contributed by atoms with Gasteiger partial charge in [-0.15, -0.1) is 24.0 Å². The molecule has 1 aliphatic rings. The van der Waals surface area contributed by atoms with Gasteiger partial charge in [0.25, 0.3) is 0 Å². The van der Waals surface area contributed by atoms with Crippen LogP contribution in [0.3, 0.4) is 0 Å². The standard InChI is InChI=1S/C20H25N3O3S.HI/c1-2-21-20(23-17-11-12-27(24,25)15-17)22-14-16-7-6-10-19(13-16)26-18-8-4-3-5-9-18;/h3-10,13,17H,2,11-12,14-15H2,1H3,(H2,21,22,23);1H. The highest BCUT2D eigenvalue weighted by Gasteiger charge is 2.28. The number of ether oxygens (including phenoxy) is 1. The number of rotatable bonds is 6. The van der Waals surface area contributed by atoms with E-state index < -0.39 is 9.84 Å². The summed E-state index contributed by atoms with van der Waals surface area (Å²) in [6.45, 7) is 3.17. The molecule has 1 aliphatic heterocycles. The molecule has 2 N–H and O–H groups in total. The molecule has 0 aliphatic carbocycles. The van der Waals surface area contributed by atoms with Gasteiger partial charge in [0.1, 0.15) is 11.5 Å². The summed E-state index contributed by atoms with van der Waals surface area (Å²) >= 11 is 0. The second-order valence-electron chi connectivity index (χ2n) is 6.50. The van der Waals surface area contributed by atoms with Crippen molar-refractivity contribution in [2.24, 2.45) is 4.99 Å². The predicted octanol–water partition coefficient (Wildman–Crippen LogP) is 3.34. The van der Waals surface area contributed by atoms with Gasteiger partial charge in [-0.25, -0.2) is 13.4 Å². The second-order valence-corrected chi connectivity index (χ2v) is 8.73. The number of nitrogens with zero attached hydrogens (tertiary/aromatic N) is 1. The fourth-order valence-electron chi connectivity index (χ4n) is 2.92. The Morgan fingerprint density at radius 1 is 1.14 bits per heavy atom. The molecular weight excluding hydrogens is 489 g/mol. The van der Waals surface area contributed by atoms with E-state index in [1.54, 1.807) is 0 Å². The van der Waals surface area contributed by atoms with Gasteiger partial charge in [0.05, 0.1) is 18.1 Å². The Bertz CT molecular complexity index is 889. The molecule has 8 heteroatoms. The smallest absolute Gasteiger partial charge is 0.191 e. The van der Waals surface area contributed by atoms with Crippen molar-refractivity contribution in [1.82, 2.24) is 10.6 Å². The first-order valence-corrected chi connectivity index (χ1v) is 10.9. The van der Waals surface area contributed by atoms with Gasteiger partial charge < -0.3 is 15.4 Å². The van der Waals surface area contributed by atoms with E-state index in [1.165, 1.54) is 0 Å². The molecule has 2 aromatic carbocycles. The van der Waals surface area contributed by atoms with Crippen LogP contribution in [0, 0.1) is 0 Å². The summed E-state index contributed by atoms with van der Waals surface area (Å²) in [7, 11) is -2.92. The molecule has 2 aromatic rings. The summed E-state index contributed by atoms with van der Waals surface area (Å²) in [6.07, 6.45) is 0.618. The number of sulfone groups is 1. The van der Waals surface area contributed by atoms with Crippen molar-refractivity contribution in [3.63, 3.8) is 0 Å². The average Bonchev–Trinajstić information content (AvgIpc) is 2.99. The van der Waals surface area contributed by atoms with Crippen LogP contribution in [0.5, 0.6) is 11.5 Å². The number of hydrogen-bond acceptors (Lipinski definition) is 4. The van der Waals surface area contributed by atoms with E-state index in [2.05, 4.69) is 15.6 Å². The van der Waals surface area contributed by atoms with Gasteiger partial charge in [-0.05, 0) is 43.2 Å². The van der Waals surface area contributed by atoms with Crippen LogP contribution in [0.1, 0.15) is 18.9 Å². The van der Waals surface area contributed by atoms with Crippen LogP contribution in [0.15, 0.2) is 59.6 Å². The van der Waals surface area contributed by atoms with Gasteiger partial charge in [0, 0.05) is 12.6 Å². The number of hydrogen-bond donors (Lipinski definition) is 2. The van der Waals surface area contributed by atoms with Crippen LogP contribution in [0.25, 0.3) is 0 Å². The van der Waals surface area contributed by atoms with Crippen molar-refractivity contribution >= 4 is 39.8 Å². The van der Waals surface area contributed by atoms with Crippen LogP contribution in [-0.2, 0) is 16.4 Å². The molecule has 0 amide bonds. The zero-order chi connectivity index (χ0) is 19.1. The number of para-hydroxylation sites is 1. The average molecular weight is 515 g/mol. The van der Waals surface area contributed by atoms with Crippen molar-refractivity contribution in [2.45, 2.75) is 25.9 Å². The fraction of sp³-hybridized carbons (Fsp3) is 0.350. The lowest BCUT2D eigenvalue weighted by Gasteiger charge is -2.16. The summed E-state index contributed by atoms with van der Waals surface area (Å²) in [5.74, 6) is 2.58. The number of guanidine groups is 1. The van der Waals surface area contributed by atoms with E-state index in [4.69, 9.17) is 4.74 Å². The first kappa shape index (κ1) is 22.5. The number of halogens is 1. The molecule has 0 bridgehead atoms. The molecule has 6 nitrogen and oxygen atoms in total. The Kier molecular flexibility index (Phi) is 8.56. The Morgan fingerprint density at radius 2 is 1.89 bits per heavy atom. The van der Waals surface area contributed by atoms with E-state index in [0.29, 0.717) is 25.5 Å². The summed E-state index contributed by atoms with van der Waals surface area (Å²) in [6, 6.07) is 17.3. The monoisotopic (exact) mass is 515 g/mol.